The Morgan fingerprint density at radius 3 is 2.58 bits per heavy atom. The first-order chi connectivity index (χ1) is 12.3. The molecule has 0 radical (unpaired) electrons. The first kappa shape index (κ1) is 21.0. The van der Waals surface area contributed by atoms with Gasteiger partial charge < -0.3 is 4.74 Å². The van der Waals surface area contributed by atoms with Crippen LogP contribution in [0.15, 0.2) is 35.2 Å². The maximum atomic E-state index is 13.7. The number of benzene rings is 2. The summed E-state index contributed by atoms with van der Waals surface area (Å²) >= 11 is 7.39. The van der Waals surface area contributed by atoms with E-state index in [0.29, 0.717) is 33.4 Å². The van der Waals surface area contributed by atoms with E-state index in [1.807, 2.05) is 6.92 Å². The highest BCUT2D eigenvalue weighted by molar-refractivity contribution is 7.98. The molecule has 0 aliphatic rings. The largest absolute Gasteiger partial charge is 0.496 e. The summed E-state index contributed by atoms with van der Waals surface area (Å²) in [5.74, 6) is 1.18. The van der Waals surface area contributed by atoms with E-state index in [-0.39, 0.29) is 17.3 Å². The second kappa shape index (κ2) is 9.08. The van der Waals surface area contributed by atoms with Gasteiger partial charge in [-0.15, -0.1) is 0 Å². The minimum atomic E-state index is -3.62. The number of hydrogen-bond acceptors (Lipinski definition) is 4. The molecule has 0 aliphatic heterocycles. The van der Waals surface area contributed by atoms with Gasteiger partial charge in [0.25, 0.3) is 0 Å². The van der Waals surface area contributed by atoms with Gasteiger partial charge in [-0.2, -0.15) is 11.8 Å². The van der Waals surface area contributed by atoms with Crippen molar-refractivity contribution in [2.45, 2.75) is 24.5 Å². The smallest absolute Gasteiger partial charge is 0.240 e. The molecule has 0 bridgehead atoms. The van der Waals surface area contributed by atoms with Crippen LogP contribution in [0.1, 0.15) is 16.7 Å². The molecule has 1 N–H and O–H groups in total. The van der Waals surface area contributed by atoms with Crippen LogP contribution in [0.4, 0.5) is 4.39 Å². The Morgan fingerprint density at radius 1 is 1.19 bits per heavy atom. The number of methoxy groups -OCH3 is 1. The van der Waals surface area contributed by atoms with Gasteiger partial charge in [0.2, 0.25) is 10.0 Å². The molecule has 0 saturated carbocycles. The first-order valence-electron chi connectivity index (χ1n) is 7.92. The number of nitrogens with one attached hydrogen (secondary N) is 1. The predicted octanol–water partition coefficient (Wildman–Crippen LogP) is 4.32. The van der Waals surface area contributed by atoms with Crippen LogP contribution in [-0.4, -0.2) is 27.8 Å². The van der Waals surface area contributed by atoms with Crippen molar-refractivity contribution in [3.8, 4) is 5.75 Å². The monoisotopic (exact) mass is 417 g/mol. The normalized spacial score (nSPS) is 11.6. The molecule has 0 atom stereocenters. The summed E-state index contributed by atoms with van der Waals surface area (Å²) in [5.41, 5.74) is 1.88. The lowest BCUT2D eigenvalue weighted by Gasteiger charge is -2.13. The van der Waals surface area contributed by atoms with Crippen molar-refractivity contribution in [3.05, 3.63) is 57.9 Å². The number of sulfonamides is 1. The molecule has 0 saturated heterocycles. The molecule has 2 rings (SSSR count). The third-order valence-corrected chi connectivity index (χ3v) is 6.99. The maximum absolute atomic E-state index is 13.7. The molecular weight excluding hydrogens is 397 g/mol. The van der Waals surface area contributed by atoms with Crippen LogP contribution >= 0.6 is 23.4 Å². The van der Waals surface area contributed by atoms with Crippen LogP contribution < -0.4 is 9.46 Å². The molecule has 0 fully saturated rings. The SMILES string of the molecule is COc1ccc(S(=O)(=O)NCCSCc2c(F)cccc2Cl)c(C)c1C. The lowest BCUT2D eigenvalue weighted by Crippen LogP contribution is -2.27. The molecule has 0 unspecified atom stereocenters. The molecule has 0 amide bonds. The van der Waals surface area contributed by atoms with Gasteiger partial charge in [0.1, 0.15) is 11.6 Å². The zero-order valence-electron chi connectivity index (χ0n) is 14.8. The highest BCUT2D eigenvalue weighted by Crippen LogP contribution is 2.27. The van der Waals surface area contributed by atoms with Crippen molar-refractivity contribution in [1.82, 2.24) is 4.72 Å². The average Bonchev–Trinajstić information content (AvgIpc) is 2.59. The third-order valence-electron chi connectivity index (χ3n) is 4.04. The van der Waals surface area contributed by atoms with Crippen molar-refractivity contribution in [2.24, 2.45) is 0 Å². The van der Waals surface area contributed by atoms with E-state index in [1.54, 1.807) is 32.2 Å². The molecule has 0 heterocycles. The maximum Gasteiger partial charge on any atom is 0.240 e. The summed E-state index contributed by atoms with van der Waals surface area (Å²) in [4.78, 5) is 0.234. The molecule has 0 aliphatic carbocycles. The fraction of sp³-hybridized carbons (Fsp3) is 0.333. The fourth-order valence-electron chi connectivity index (χ4n) is 2.45. The van der Waals surface area contributed by atoms with Gasteiger partial charge in [-0.3, -0.25) is 0 Å². The van der Waals surface area contributed by atoms with Gasteiger partial charge in [-0.1, -0.05) is 17.7 Å². The number of rotatable bonds is 8. The summed E-state index contributed by atoms with van der Waals surface area (Å²) in [5, 5.41) is 0.377. The van der Waals surface area contributed by atoms with Gasteiger partial charge in [0.15, 0.2) is 0 Å². The number of ether oxygens (including phenoxy) is 1. The molecule has 26 heavy (non-hydrogen) atoms. The van der Waals surface area contributed by atoms with Crippen molar-refractivity contribution < 1.29 is 17.5 Å². The summed E-state index contributed by atoms with van der Waals surface area (Å²) in [6, 6.07) is 7.73. The zero-order valence-corrected chi connectivity index (χ0v) is 17.2. The second-order valence-electron chi connectivity index (χ2n) is 5.67. The van der Waals surface area contributed by atoms with Crippen molar-refractivity contribution in [1.29, 1.82) is 0 Å². The van der Waals surface area contributed by atoms with Crippen LogP contribution in [-0.2, 0) is 15.8 Å². The Hall–Kier alpha value is -1.28. The van der Waals surface area contributed by atoms with Crippen molar-refractivity contribution in [2.75, 3.05) is 19.4 Å². The molecule has 2 aromatic carbocycles. The van der Waals surface area contributed by atoms with Crippen LogP contribution in [0.25, 0.3) is 0 Å². The highest BCUT2D eigenvalue weighted by Gasteiger charge is 2.19. The number of halogens is 2. The van der Waals surface area contributed by atoms with Gasteiger partial charge in [-0.25, -0.2) is 17.5 Å². The lowest BCUT2D eigenvalue weighted by molar-refractivity contribution is 0.410. The Morgan fingerprint density at radius 2 is 1.92 bits per heavy atom. The quantitative estimate of drug-likeness (QED) is 0.650. The van der Waals surface area contributed by atoms with E-state index in [9.17, 15) is 12.8 Å². The fourth-order valence-corrected chi connectivity index (χ4v) is 5.11. The van der Waals surface area contributed by atoms with E-state index in [0.717, 1.165) is 5.56 Å². The first-order valence-corrected chi connectivity index (χ1v) is 10.9. The van der Waals surface area contributed by atoms with Crippen LogP contribution in [0.5, 0.6) is 5.75 Å². The van der Waals surface area contributed by atoms with E-state index in [1.165, 1.54) is 23.9 Å². The average molecular weight is 418 g/mol. The van der Waals surface area contributed by atoms with E-state index >= 15 is 0 Å². The minimum absolute atomic E-state index is 0.234. The predicted molar refractivity (Wildman–Crippen MR) is 105 cm³/mol. The Bertz CT molecular complexity index is 868. The molecule has 142 valence electrons. The van der Waals surface area contributed by atoms with Gasteiger partial charge in [0.05, 0.1) is 12.0 Å². The highest BCUT2D eigenvalue weighted by atomic mass is 35.5. The van der Waals surface area contributed by atoms with E-state index < -0.39 is 10.0 Å². The number of thioether (sulfide) groups is 1. The standard InChI is InChI=1S/C18H21ClFNO3S2/c1-12-13(2)18(8-7-17(12)24-3)26(22,23)21-9-10-25-11-14-15(19)5-4-6-16(14)20/h4-8,21H,9-11H2,1-3H3. The summed E-state index contributed by atoms with van der Waals surface area (Å²) in [6.07, 6.45) is 0. The molecule has 8 heteroatoms. The van der Waals surface area contributed by atoms with Crippen LogP contribution in [0, 0.1) is 19.7 Å². The van der Waals surface area contributed by atoms with Crippen molar-refractivity contribution >= 4 is 33.4 Å². The second-order valence-corrected chi connectivity index (χ2v) is 8.91. The van der Waals surface area contributed by atoms with Gasteiger partial charge >= 0.3 is 0 Å². The zero-order chi connectivity index (χ0) is 19.3. The topological polar surface area (TPSA) is 55.4 Å². The molecular formula is C18H21ClFNO3S2. The van der Waals surface area contributed by atoms with E-state index in [2.05, 4.69) is 4.72 Å². The summed E-state index contributed by atoms with van der Waals surface area (Å²) < 4.78 is 46.5. The molecule has 0 spiro atoms. The third kappa shape index (κ3) is 4.91. The Kier molecular flexibility index (Phi) is 7.34. The van der Waals surface area contributed by atoms with Gasteiger partial charge in [-0.05, 0) is 49.2 Å². The summed E-state index contributed by atoms with van der Waals surface area (Å²) in [6.45, 7) is 3.81. The van der Waals surface area contributed by atoms with Crippen LogP contribution in [0.2, 0.25) is 5.02 Å². The minimum Gasteiger partial charge on any atom is -0.496 e. The Labute approximate surface area is 163 Å². The molecule has 4 nitrogen and oxygen atoms in total. The lowest BCUT2D eigenvalue weighted by atomic mass is 10.1. The number of hydrogen-bond donors (Lipinski definition) is 1. The van der Waals surface area contributed by atoms with E-state index in [4.69, 9.17) is 16.3 Å². The van der Waals surface area contributed by atoms with Crippen molar-refractivity contribution in [3.63, 3.8) is 0 Å². The van der Waals surface area contributed by atoms with Gasteiger partial charge in [0, 0.05) is 28.6 Å². The Balaban J connectivity index is 1.94. The molecule has 0 aromatic heterocycles. The van der Waals surface area contributed by atoms with Crippen LogP contribution in [0.3, 0.4) is 0 Å². The summed E-state index contributed by atoms with van der Waals surface area (Å²) in [7, 11) is -2.07. The molecule has 2 aromatic rings.